The lowest BCUT2D eigenvalue weighted by Gasteiger charge is -2.16. The van der Waals surface area contributed by atoms with Crippen molar-refractivity contribution in [1.82, 2.24) is 5.32 Å². The van der Waals surface area contributed by atoms with E-state index in [-0.39, 0.29) is 5.91 Å². The molecule has 0 unspecified atom stereocenters. The zero-order chi connectivity index (χ0) is 21.0. The van der Waals surface area contributed by atoms with Crippen LogP contribution in [0.2, 0.25) is 5.02 Å². The van der Waals surface area contributed by atoms with Crippen LogP contribution in [0.1, 0.15) is 36.5 Å². The number of amides is 1. The summed E-state index contributed by atoms with van der Waals surface area (Å²) in [5, 5.41) is 3.17. The molecule has 2 aromatic carbocycles. The van der Waals surface area contributed by atoms with Crippen LogP contribution >= 0.6 is 35.6 Å². The Labute approximate surface area is 185 Å². The Morgan fingerprint density at radius 1 is 1.14 bits per heavy atom. The molecule has 1 saturated heterocycles. The molecule has 2 aromatic rings. The molecule has 0 saturated carbocycles. The molecule has 0 bridgehead atoms. The standard InChI is InChI=1S/C22H22ClNO3S2/c1-13(2)17-6-4-14(3)10-19(17)27-9-8-26-18-7-5-16(23)11-15(18)12-20-21(25)24-22(28)29-20/h4-7,10-13H,8-9H2,1-3H3,(H,24,25,28)/b20-12-. The summed E-state index contributed by atoms with van der Waals surface area (Å²) in [6.45, 7) is 7.10. The third-order valence-corrected chi connectivity index (χ3v) is 5.69. The summed E-state index contributed by atoms with van der Waals surface area (Å²) in [5.41, 5.74) is 3.05. The predicted octanol–water partition coefficient (Wildman–Crippen LogP) is 5.72. The minimum absolute atomic E-state index is 0.213. The summed E-state index contributed by atoms with van der Waals surface area (Å²) >= 11 is 12.4. The van der Waals surface area contributed by atoms with Crippen molar-refractivity contribution < 1.29 is 14.3 Å². The van der Waals surface area contributed by atoms with E-state index in [0.717, 1.165) is 16.9 Å². The van der Waals surface area contributed by atoms with Crippen molar-refractivity contribution in [3.8, 4) is 11.5 Å². The summed E-state index contributed by atoms with van der Waals surface area (Å²) in [6.07, 6.45) is 1.73. The topological polar surface area (TPSA) is 47.6 Å². The van der Waals surface area contributed by atoms with Gasteiger partial charge in [-0.25, -0.2) is 0 Å². The van der Waals surface area contributed by atoms with Gasteiger partial charge in [-0.05, 0) is 54.3 Å². The largest absolute Gasteiger partial charge is 0.490 e. The van der Waals surface area contributed by atoms with Gasteiger partial charge in [-0.2, -0.15) is 0 Å². The fourth-order valence-electron chi connectivity index (χ4n) is 2.87. The zero-order valence-electron chi connectivity index (χ0n) is 16.5. The molecule has 1 fully saturated rings. The van der Waals surface area contributed by atoms with Crippen LogP contribution in [0.25, 0.3) is 6.08 Å². The fraction of sp³-hybridized carbons (Fsp3) is 0.273. The normalized spacial score (nSPS) is 15.1. The highest BCUT2D eigenvalue weighted by Crippen LogP contribution is 2.31. The second kappa shape index (κ2) is 9.65. The van der Waals surface area contributed by atoms with E-state index in [9.17, 15) is 4.79 Å². The summed E-state index contributed by atoms with van der Waals surface area (Å²) in [7, 11) is 0. The maximum Gasteiger partial charge on any atom is 0.263 e. The molecule has 29 heavy (non-hydrogen) atoms. The Balaban J connectivity index is 1.68. The smallest absolute Gasteiger partial charge is 0.263 e. The number of carbonyl (C=O) groups excluding carboxylic acids is 1. The fourth-order valence-corrected chi connectivity index (χ4v) is 4.09. The number of thioether (sulfide) groups is 1. The molecule has 1 aliphatic heterocycles. The second-order valence-corrected chi connectivity index (χ2v) is 9.08. The lowest BCUT2D eigenvalue weighted by atomic mass is 10.0. The van der Waals surface area contributed by atoms with Gasteiger partial charge in [0, 0.05) is 10.6 Å². The molecule has 1 heterocycles. The zero-order valence-corrected chi connectivity index (χ0v) is 18.8. The number of carbonyl (C=O) groups is 1. The molecule has 1 aliphatic rings. The van der Waals surface area contributed by atoms with E-state index in [1.165, 1.54) is 17.3 Å². The van der Waals surface area contributed by atoms with Gasteiger partial charge >= 0.3 is 0 Å². The second-order valence-electron chi connectivity index (χ2n) is 6.93. The average molecular weight is 448 g/mol. The van der Waals surface area contributed by atoms with Gasteiger partial charge in [0.2, 0.25) is 0 Å². The Hall–Kier alpha value is -2.02. The van der Waals surface area contributed by atoms with Gasteiger partial charge in [0.15, 0.2) is 0 Å². The van der Waals surface area contributed by atoms with Crippen molar-refractivity contribution in [3.63, 3.8) is 0 Å². The molecular formula is C22H22ClNO3S2. The highest BCUT2D eigenvalue weighted by molar-refractivity contribution is 8.26. The predicted molar refractivity (Wildman–Crippen MR) is 124 cm³/mol. The molecule has 0 aliphatic carbocycles. The van der Waals surface area contributed by atoms with E-state index in [4.69, 9.17) is 33.3 Å². The van der Waals surface area contributed by atoms with Crippen LogP contribution < -0.4 is 14.8 Å². The lowest BCUT2D eigenvalue weighted by Crippen LogP contribution is -2.17. The van der Waals surface area contributed by atoms with E-state index in [0.29, 0.717) is 39.1 Å². The number of thiocarbonyl (C=S) groups is 1. The lowest BCUT2D eigenvalue weighted by molar-refractivity contribution is -0.115. The van der Waals surface area contributed by atoms with E-state index >= 15 is 0 Å². The van der Waals surface area contributed by atoms with E-state index in [1.807, 2.05) is 13.0 Å². The van der Waals surface area contributed by atoms with Gasteiger partial charge in [0.1, 0.15) is 29.0 Å². The van der Waals surface area contributed by atoms with Crippen molar-refractivity contribution in [1.29, 1.82) is 0 Å². The van der Waals surface area contributed by atoms with Gasteiger partial charge in [-0.1, -0.05) is 61.6 Å². The van der Waals surface area contributed by atoms with E-state index in [2.05, 4.69) is 31.3 Å². The number of halogens is 1. The van der Waals surface area contributed by atoms with Crippen molar-refractivity contribution >= 4 is 51.9 Å². The van der Waals surface area contributed by atoms with Crippen LogP contribution in [0.4, 0.5) is 0 Å². The SMILES string of the molecule is Cc1ccc(C(C)C)c(OCCOc2ccc(Cl)cc2/C=C2\SC(=S)NC2=O)c1. The molecule has 0 aromatic heterocycles. The van der Waals surface area contributed by atoms with E-state index < -0.39 is 0 Å². The molecule has 0 atom stereocenters. The maximum absolute atomic E-state index is 11.9. The first-order valence-electron chi connectivity index (χ1n) is 9.24. The van der Waals surface area contributed by atoms with Gasteiger partial charge in [0.25, 0.3) is 5.91 Å². The van der Waals surface area contributed by atoms with Crippen LogP contribution in [0, 0.1) is 6.92 Å². The number of hydrogen-bond acceptors (Lipinski definition) is 5. The quantitative estimate of drug-likeness (QED) is 0.334. The van der Waals surface area contributed by atoms with Crippen molar-refractivity contribution in [2.75, 3.05) is 13.2 Å². The molecule has 3 rings (SSSR count). The number of benzene rings is 2. The van der Waals surface area contributed by atoms with Crippen LogP contribution in [0.5, 0.6) is 11.5 Å². The van der Waals surface area contributed by atoms with Gasteiger partial charge < -0.3 is 14.8 Å². The minimum Gasteiger partial charge on any atom is -0.490 e. The number of nitrogens with one attached hydrogen (secondary N) is 1. The molecule has 152 valence electrons. The summed E-state index contributed by atoms with van der Waals surface area (Å²) in [5.74, 6) is 1.68. The van der Waals surface area contributed by atoms with Crippen LogP contribution in [0.3, 0.4) is 0 Å². The van der Waals surface area contributed by atoms with Gasteiger partial charge in [0.05, 0.1) is 4.91 Å². The number of hydrogen-bond donors (Lipinski definition) is 1. The number of ether oxygens (including phenoxy) is 2. The highest BCUT2D eigenvalue weighted by Gasteiger charge is 2.22. The number of aryl methyl sites for hydroxylation is 1. The average Bonchev–Trinajstić information content (AvgIpc) is 2.97. The molecule has 1 N–H and O–H groups in total. The number of rotatable bonds is 7. The Morgan fingerprint density at radius 2 is 1.86 bits per heavy atom. The van der Waals surface area contributed by atoms with Crippen molar-refractivity contribution in [2.45, 2.75) is 26.7 Å². The first-order chi connectivity index (χ1) is 13.8. The summed E-state index contributed by atoms with van der Waals surface area (Å²) < 4.78 is 12.3. The summed E-state index contributed by atoms with van der Waals surface area (Å²) in [6, 6.07) is 11.5. The Morgan fingerprint density at radius 3 is 2.52 bits per heavy atom. The third-order valence-electron chi connectivity index (χ3n) is 4.29. The van der Waals surface area contributed by atoms with Gasteiger partial charge in [-0.3, -0.25) is 4.79 Å². The summed E-state index contributed by atoms with van der Waals surface area (Å²) in [4.78, 5) is 12.4. The molecule has 4 nitrogen and oxygen atoms in total. The Bertz CT molecular complexity index is 973. The van der Waals surface area contributed by atoms with Crippen LogP contribution in [0.15, 0.2) is 41.3 Å². The van der Waals surface area contributed by atoms with Crippen LogP contribution in [-0.4, -0.2) is 23.4 Å². The first-order valence-corrected chi connectivity index (χ1v) is 10.8. The maximum atomic E-state index is 11.9. The Kier molecular flexibility index (Phi) is 7.22. The molecule has 0 spiro atoms. The van der Waals surface area contributed by atoms with Crippen molar-refractivity contribution in [3.05, 3.63) is 63.0 Å². The molecule has 7 heteroatoms. The third kappa shape index (κ3) is 5.75. The monoisotopic (exact) mass is 447 g/mol. The van der Waals surface area contributed by atoms with Crippen LogP contribution in [-0.2, 0) is 4.79 Å². The first kappa shape index (κ1) is 21.7. The van der Waals surface area contributed by atoms with E-state index in [1.54, 1.807) is 24.3 Å². The van der Waals surface area contributed by atoms with Gasteiger partial charge in [-0.15, -0.1) is 0 Å². The minimum atomic E-state index is -0.213. The highest BCUT2D eigenvalue weighted by atomic mass is 35.5. The molecule has 1 amide bonds. The molecular weight excluding hydrogens is 426 g/mol. The molecule has 0 radical (unpaired) electrons. The van der Waals surface area contributed by atoms with Crippen molar-refractivity contribution in [2.24, 2.45) is 0 Å².